The molecule has 5 nitrogen and oxygen atoms in total. The van der Waals surface area contributed by atoms with E-state index in [-0.39, 0.29) is 10.6 Å². The maximum atomic E-state index is 10.9. The minimum atomic E-state index is -0.299. The van der Waals surface area contributed by atoms with Crippen LogP contribution in [0.1, 0.15) is 36.4 Å². The van der Waals surface area contributed by atoms with Crippen LogP contribution in [0.2, 0.25) is 0 Å². The van der Waals surface area contributed by atoms with Crippen molar-refractivity contribution in [2.24, 2.45) is 0 Å². The van der Waals surface area contributed by atoms with Crippen molar-refractivity contribution in [1.82, 2.24) is 10.2 Å². The molecule has 0 aromatic heterocycles. The summed E-state index contributed by atoms with van der Waals surface area (Å²) in [5.41, 5.74) is 2.22. The maximum Gasteiger partial charge on any atom is 0.272 e. The summed E-state index contributed by atoms with van der Waals surface area (Å²) in [5.74, 6) is 0. The molecule has 20 heavy (non-hydrogen) atoms. The van der Waals surface area contributed by atoms with Gasteiger partial charge in [0.25, 0.3) is 5.69 Å². The van der Waals surface area contributed by atoms with E-state index in [9.17, 15) is 10.1 Å². The molecule has 0 radical (unpaired) electrons. The maximum absolute atomic E-state index is 10.9. The van der Waals surface area contributed by atoms with Crippen LogP contribution in [0, 0.1) is 17.0 Å². The van der Waals surface area contributed by atoms with Crippen LogP contribution < -0.4 is 5.32 Å². The SMILES string of the molecule is Cc1cc(C2CCCN2C2CCNC2)ccc1[N+](=O)[O-]. The van der Waals surface area contributed by atoms with E-state index in [0.29, 0.717) is 12.1 Å². The number of nitrogens with zero attached hydrogens (tertiary/aromatic N) is 2. The van der Waals surface area contributed by atoms with Gasteiger partial charge in [0, 0.05) is 30.3 Å². The van der Waals surface area contributed by atoms with E-state index in [2.05, 4.69) is 10.2 Å². The Balaban J connectivity index is 1.84. The van der Waals surface area contributed by atoms with Gasteiger partial charge < -0.3 is 5.32 Å². The van der Waals surface area contributed by atoms with Gasteiger partial charge in [0.15, 0.2) is 0 Å². The highest BCUT2D eigenvalue weighted by Crippen LogP contribution is 2.36. The van der Waals surface area contributed by atoms with Crippen LogP contribution in [-0.2, 0) is 0 Å². The number of benzene rings is 1. The van der Waals surface area contributed by atoms with Crippen LogP contribution in [0.25, 0.3) is 0 Å². The normalized spacial score (nSPS) is 27.1. The summed E-state index contributed by atoms with van der Waals surface area (Å²) < 4.78 is 0. The van der Waals surface area contributed by atoms with Gasteiger partial charge in [-0.15, -0.1) is 0 Å². The molecule has 0 spiro atoms. The summed E-state index contributed by atoms with van der Waals surface area (Å²) in [4.78, 5) is 13.2. The summed E-state index contributed by atoms with van der Waals surface area (Å²) >= 11 is 0. The summed E-state index contributed by atoms with van der Waals surface area (Å²) in [6.45, 7) is 5.15. The quantitative estimate of drug-likeness (QED) is 0.680. The number of nitro benzene ring substituents is 1. The van der Waals surface area contributed by atoms with Gasteiger partial charge >= 0.3 is 0 Å². The minimum absolute atomic E-state index is 0.223. The molecule has 1 aromatic rings. The Kier molecular flexibility index (Phi) is 3.72. The highest BCUT2D eigenvalue weighted by atomic mass is 16.6. The van der Waals surface area contributed by atoms with Crippen molar-refractivity contribution in [3.05, 3.63) is 39.4 Å². The first-order chi connectivity index (χ1) is 9.66. The molecule has 1 N–H and O–H groups in total. The number of aryl methyl sites for hydroxylation is 1. The molecule has 2 atom stereocenters. The molecule has 0 aliphatic carbocycles. The van der Waals surface area contributed by atoms with E-state index in [0.717, 1.165) is 31.6 Å². The Hall–Kier alpha value is -1.46. The van der Waals surface area contributed by atoms with Crippen molar-refractivity contribution < 1.29 is 4.92 Å². The molecule has 3 rings (SSSR count). The molecule has 5 heteroatoms. The second kappa shape index (κ2) is 5.50. The smallest absolute Gasteiger partial charge is 0.272 e. The highest BCUT2D eigenvalue weighted by Gasteiger charge is 2.33. The first kappa shape index (κ1) is 13.5. The van der Waals surface area contributed by atoms with Crippen molar-refractivity contribution in [2.45, 2.75) is 38.3 Å². The van der Waals surface area contributed by atoms with E-state index in [1.807, 2.05) is 19.1 Å². The second-order valence-electron chi connectivity index (χ2n) is 5.85. The van der Waals surface area contributed by atoms with Crippen molar-refractivity contribution in [3.8, 4) is 0 Å². The zero-order valence-electron chi connectivity index (χ0n) is 11.8. The van der Waals surface area contributed by atoms with E-state index in [1.54, 1.807) is 6.07 Å². The lowest BCUT2D eigenvalue weighted by atomic mass is 10.00. The molecule has 2 fully saturated rings. The number of likely N-dealkylation sites (tertiary alicyclic amines) is 1. The van der Waals surface area contributed by atoms with Gasteiger partial charge in [0.1, 0.15) is 0 Å². The summed E-state index contributed by atoms with van der Waals surface area (Å²) in [6, 6.07) is 6.66. The Bertz CT molecular complexity index is 512. The van der Waals surface area contributed by atoms with Crippen molar-refractivity contribution >= 4 is 5.69 Å². The Morgan fingerprint density at radius 3 is 2.90 bits per heavy atom. The van der Waals surface area contributed by atoms with Gasteiger partial charge in [-0.05, 0) is 50.9 Å². The monoisotopic (exact) mass is 275 g/mol. The number of hydrogen-bond donors (Lipinski definition) is 1. The second-order valence-corrected chi connectivity index (χ2v) is 5.85. The molecule has 2 unspecified atom stereocenters. The summed E-state index contributed by atoms with van der Waals surface area (Å²) in [7, 11) is 0. The van der Waals surface area contributed by atoms with Crippen LogP contribution in [0.4, 0.5) is 5.69 Å². The van der Waals surface area contributed by atoms with E-state index in [1.165, 1.54) is 18.4 Å². The summed E-state index contributed by atoms with van der Waals surface area (Å²) in [6.07, 6.45) is 3.59. The fraction of sp³-hybridized carbons (Fsp3) is 0.600. The van der Waals surface area contributed by atoms with E-state index >= 15 is 0 Å². The van der Waals surface area contributed by atoms with Gasteiger partial charge in [0.2, 0.25) is 0 Å². The molecule has 2 aliphatic heterocycles. The average Bonchev–Trinajstić information content (AvgIpc) is 3.09. The number of nitrogens with one attached hydrogen (secondary N) is 1. The van der Waals surface area contributed by atoms with Crippen molar-refractivity contribution in [3.63, 3.8) is 0 Å². The molecule has 1 aromatic carbocycles. The lowest BCUT2D eigenvalue weighted by Gasteiger charge is -2.30. The van der Waals surface area contributed by atoms with E-state index < -0.39 is 0 Å². The van der Waals surface area contributed by atoms with Gasteiger partial charge in [-0.25, -0.2) is 0 Å². The predicted molar refractivity (Wildman–Crippen MR) is 77.8 cm³/mol. The Labute approximate surface area is 119 Å². The predicted octanol–water partition coefficient (Wildman–Crippen LogP) is 2.40. The van der Waals surface area contributed by atoms with Crippen LogP contribution in [-0.4, -0.2) is 35.5 Å². The topological polar surface area (TPSA) is 58.4 Å². The third-order valence-electron chi connectivity index (χ3n) is 4.60. The molecule has 108 valence electrons. The lowest BCUT2D eigenvalue weighted by molar-refractivity contribution is -0.385. The molecule has 0 amide bonds. The standard InChI is InChI=1S/C15H21N3O2/c1-11-9-12(4-5-14(11)18(19)20)15-3-2-8-17(15)13-6-7-16-10-13/h4-5,9,13,15-16H,2-3,6-8,10H2,1H3. The van der Waals surface area contributed by atoms with Gasteiger partial charge in [0.05, 0.1) is 4.92 Å². The number of rotatable bonds is 3. The van der Waals surface area contributed by atoms with Crippen LogP contribution in [0.15, 0.2) is 18.2 Å². The molecule has 0 bridgehead atoms. The zero-order chi connectivity index (χ0) is 14.1. The Morgan fingerprint density at radius 1 is 1.40 bits per heavy atom. The third kappa shape index (κ3) is 2.43. The van der Waals surface area contributed by atoms with E-state index in [4.69, 9.17) is 0 Å². The van der Waals surface area contributed by atoms with Crippen molar-refractivity contribution in [2.75, 3.05) is 19.6 Å². The largest absolute Gasteiger partial charge is 0.315 e. The minimum Gasteiger partial charge on any atom is -0.315 e. The van der Waals surface area contributed by atoms with Crippen LogP contribution in [0.3, 0.4) is 0 Å². The van der Waals surface area contributed by atoms with Gasteiger partial charge in [-0.2, -0.15) is 0 Å². The Morgan fingerprint density at radius 2 is 2.25 bits per heavy atom. The fourth-order valence-electron chi connectivity index (χ4n) is 3.60. The molecule has 0 saturated carbocycles. The number of nitro groups is 1. The van der Waals surface area contributed by atoms with Crippen LogP contribution >= 0.6 is 0 Å². The fourth-order valence-corrected chi connectivity index (χ4v) is 3.60. The zero-order valence-corrected chi connectivity index (χ0v) is 11.8. The highest BCUT2D eigenvalue weighted by molar-refractivity contribution is 5.42. The van der Waals surface area contributed by atoms with Gasteiger partial charge in [-0.1, -0.05) is 6.07 Å². The molecular formula is C15H21N3O2. The molecule has 2 aliphatic rings. The van der Waals surface area contributed by atoms with Crippen molar-refractivity contribution in [1.29, 1.82) is 0 Å². The number of hydrogen-bond acceptors (Lipinski definition) is 4. The van der Waals surface area contributed by atoms with Crippen LogP contribution in [0.5, 0.6) is 0 Å². The first-order valence-electron chi connectivity index (χ1n) is 7.38. The molecular weight excluding hydrogens is 254 g/mol. The first-order valence-corrected chi connectivity index (χ1v) is 7.38. The third-order valence-corrected chi connectivity index (χ3v) is 4.60. The van der Waals surface area contributed by atoms with Gasteiger partial charge in [-0.3, -0.25) is 15.0 Å². The average molecular weight is 275 g/mol. The molecule has 2 heterocycles. The molecule has 2 saturated heterocycles. The summed E-state index contributed by atoms with van der Waals surface area (Å²) in [5, 5.41) is 14.3. The lowest BCUT2D eigenvalue weighted by Crippen LogP contribution is -2.36.